The van der Waals surface area contributed by atoms with Crippen molar-refractivity contribution in [2.75, 3.05) is 17.2 Å². The average Bonchev–Trinajstić information content (AvgIpc) is 2.66. The monoisotopic (exact) mass is 421 g/mol. The molecular weight excluding hydrogens is 407 g/mol. The number of nitro groups is 1. The highest BCUT2D eigenvalue weighted by atomic mass is 32.1. The predicted molar refractivity (Wildman–Crippen MR) is 108 cm³/mol. The number of non-ortho nitro benzene ring substituents is 1. The van der Waals surface area contributed by atoms with E-state index in [0.29, 0.717) is 5.69 Å². The number of halogens is 3. The molecule has 0 amide bonds. The van der Waals surface area contributed by atoms with Crippen LogP contribution in [-0.2, 0) is 0 Å². The van der Waals surface area contributed by atoms with E-state index in [9.17, 15) is 23.3 Å². The largest absolute Gasteiger partial charge is 0.484 e. The van der Waals surface area contributed by atoms with E-state index in [1.54, 1.807) is 0 Å². The van der Waals surface area contributed by atoms with Crippen LogP contribution < -0.4 is 15.4 Å². The molecule has 3 aromatic rings. The van der Waals surface area contributed by atoms with E-state index < -0.39 is 23.4 Å². The van der Waals surface area contributed by atoms with E-state index in [1.165, 1.54) is 6.07 Å². The summed E-state index contributed by atoms with van der Waals surface area (Å²) >= 11 is 5.24. The van der Waals surface area contributed by atoms with Crippen molar-refractivity contribution < 1.29 is 22.8 Å². The van der Waals surface area contributed by atoms with Gasteiger partial charge in [0.25, 0.3) is 5.69 Å². The number of nitro benzene ring substituents is 1. The third-order valence-electron chi connectivity index (χ3n) is 3.80. The van der Waals surface area contributed by atoms with E-state index in [4.69, 9.17) is 12.2 Å². The van der Waals surface area contributed by atoms with Crippen LogP contribution in [0.25, 0.3) is 10.8 Å². The Labute approximate surface area is 168 Å². The summed E-state index contributed by atoms with van der Waals surface area (Å²) in [4.78, 5) is 10.4. The van der Waals surface area contributed by atoms with Gasteiger partial charge < -0.3 is 15.4 Å². The van der Waals surface area contributed by atoms with Crippen molar-refractivity contribution in [2.24, 2.45) is 0 Å². The molecule has 150 valence electrons. The van der Waals surface area contributed by atoms with E-state index >= 15 is 0 Å². The highest BCUT2D eigenvalue weighted by Gasteiger charge is 2.28. The van der Waals surface area contributed by atoms with Gasteiger partial charge in [-0.15, -0.1) is 0 Å². The van der Waals surface area contributed by atoms with Gasteiger partial charge in [-0.05, 0) is 23.7 Å². The number of rotatable bonds is 5. The van der Waals surface area contributed by atoms with E-state index in [2.05, 4.69) is 15.4 Å². The van der Waals surface area contributed by atoms with Gasteiger partial charge in [-0.1, -0.05) is 36.4 Å². The van der Waals surface area contributed by atoms with Gasteiger partial charge >= 0.3 is 6.18 Å². The van der Waals surface area contributed by atoms with Crippen LogP contribution in [0, 0.1) is 10.1 Å². The van der Waals surface area contributed by atoms with Gasteiger partial charge in [0.05, 0.1) is 16.7 Å². The number of hydrogen-bond donors (Lipinski definition) is 2. The Balaban J connectivity index is 1.80. The highest BCUT2D eigenvalue weighted by Crippen LogP contribution is 2.28. The Morgan fingerprint density at radius 1 is 1.07 bits per heavy atom. The number of nitrogens with zero attached hydrogens (tertiary/aromatic N) is 1. The summed E-state index contributed by atoms with van der Waals surface area (Å²) in [6, 6.07) is 16.4. The van der Waals surface area contributed by atoms with Crippen molar-refractivity contribution in [3.63, 3.8) is 0 Å². The van der Waals surface area contributed by atoms with Crippen LogP contribution in [0.2, 0.25) is 0 Å². The highest BCUT2D eigenvalue weighted by molar-refractivity contribution is 7.80. The summed E-state index contributed by atoms with van der Waals surface area (Å²) in [5, 5.41) is 18.8. The molecule has 3 rings (SSSR count). The molecule has 0 bridgehead atoms. The maximum Gasteiger partial charge on any atom is 0.422 e. The van der Waals surface area contributed by atoms with Crippen molar-refractivity contribution in [1.82, 2.24) is 0 Å². The number of fused-ring (bicyclic) bond motifs is 1. The Morgan fingerprint density at radius 2 is 1.79 bits per heavy atom. The summed E-state index contributed by atoms with van der Waals surface area (Å²) in [6.45, 7) is -1.56. The Morgan fingerprint density at radius 3 is 2.52 bits per heavy atom. The van der Waals surface area contributed by atoms with E-state index in [-0.39, 0.29) is 16.5 Å². The summed E-state index contributed by atoms with van der Waals surface area (Å²) in [5.41, 5.74) is 0.397. The zero-order valence-corrected chi connectivity index (χ0v) is 15.5. The standard InChI is InChI=1S/C19H14F3N3O3S/c20-19(21,22)11-28-15-9-13(8-14(10-15)25(26)27)23-18(29)24-17-7-3-5-12-4-1-2-6-16(12)17/h1-10H,11H2,(H2,23,24,29). The maximum absolute atomic E-state index is 12.4. The second kappa shape index (κ2) is 8.31. The second-order valence-corrected chi connectivity index (χ2v) is 6.39. The van der Waals surface area contributed by atoms with Gasteiger partial charge in [-0.25, -0.2) is 0 Å². The molecule has 2 N–H and O–H groups in total. The van der Waals surface area contributed by atoms with Gasteiger partial charge in [0.2, 0.25) is 0 Å². The number of anilines is 2. The number of ether oxygens (including phenoxy) is 1. The molecule has 0 spiro atoms. The van der Waals surface area contributed by atoms with Gasteiger partial charge in [-0.3, -0.25) is 10.1 Å². The molecule has 0 fully saturated rings. The number of nitrogens with one attached hydrogen (secondary N) is 2. The fourth-order valence-corrected chi connectivity index (χ4v) is 2.86. The molecule has 6 nitrogen and oxygen atoms in total. The lowest BCUT2D eigenvalue weighted by Gasteiger charge is -2.14. The van der Waals surface area contributed by atoms with Crippen molar-refractivity contribution in [2.45, 2.75) is 6.18 Å². The third kappa shape index (κ3) is 5.55. The molecule has 0 atom stereocenters. The minimum Gasteiger partial charge on any atom is -0.484 e. The number of benzene rings is 3. The predicted octanol–water partition coefficient (Wildman–Crippen LogP) is 5.50. The quantitative estimate of drug-likeness (QED) is 0.322. The maximum atomic E-state index is 12.4. The fraction of sp³-hybridized carbons (Fsp3) is 0.105. The normalized spacial score (nSPS) is 11.1. The molecule has 0 aliphatic heterocycles. The number of thiocarbonyl (C=S) groups is 1. The van der Waals surface area contributed by atoms with Crippen LogP contribution in [0.15, 0.2) is 60.7 Å². The molecule has 0 aromatic heterocycles. The topological polar surface area (TPSA) is 76.4 Å². The summed E-state index contributed by atoms with van der Waals surface area (Å²) in [5.74, 6) is -0.299. The first-order valence-electron chi connectivity index (χ1n) is 8.26. The fourth-order valence-electron chi connectivity index (χ4n) is 2.63. The summed E-state index contributed by atoms with van der Waals surface area (Å²) < 4.78 is 41.8. The van der Waals surface area contributed by atoms with Crippen LogP contribution in [-0.4, -0.2) is 22.8 Å². The summed E-state index contributed by atoms with van der Waals surface area (Å²) in [6.07, 6.45) is -4.57. The van der Waals surface area contributed by atoms with Gasteiger partial charge in [0.15, 0.2) is 11.7 Å². The SMILES string of the molecule is O=[N+]([O-])c1cc(NC(=S)Nc2cccc3ccccc23)cc(OCC(F)(F)F)c1. The van der Waals surface area contributed by atoms with Crippen LogP contribution in [0.5, 0.6) is 5.75 Å². The van der Waals surface area contributed by atoms with Gasteiger partial charge in [-0.2, -0.15) is 13.2 Å². The van der Waals surface area contributed by atoms with Gasteiger partial charge in [0, 0.05) is 23.2 Å². The Bertz CT molecular complexity index is 1070. The zero-order chi connectivity index (χ0) is 21.0. The number of alkyl halides is 3. The lowest BCUT2D eigenvalue weighted by molar-refractivity contribution is -0.384. The first kappa shape index (κ1) is 20.3. The molecular formula is C19H14F3N3O3S. The van der Waals surface area contributed by atoms with Crippen molar-refractivity contribution in [3.05, 3.63) is 70.8 Å². The molecule has 0 aliphatic carbocycles. The minimum atomic E-state index is -4.57. The van der Waals surface area contributed by atoms with Gasteiger partial charge in [0.1, 0.15) is 5.75 Å². The second-order valence-electron chi connectivity index (χ2n) is 5.98. The molecule has 3 aromatic carbocycles. The zero-order valence-electron chi connectivity index (χ0n) is 14.7. The van der Waals surface area contributed by atoms with Crippen molar-refractivity contribution >= 4 is 45.2 Å². The smallest absolute Gasteiger partial charge is 0.422 e. The van der Waals surface area contributed by atoms with Crippen LogP contribution in [0.1, 0.15) is 0 Å². The first-order valence-corrected chi connectivity index (χ1v) is 8.67. The molecule has 0 heterocycles. The summed E-state index contributed by atoms with van der Waals surface area (Å²) in [7, 11) is 0. The molecule has 10 heteroatoms. The first-order chi connectivity index (χ1) is 13.7. The molecule has 0 radical (unpaired) electrons. The van der Waals surface area contributed by atoms with Crippen LogP contribution >= 0.6 is 12.2 Å². The molecule has 0 unspecified atom stereocenters. The van der Waals surface area contributed by atoms with Crippen LogP contribution in [0.4, 0.5) is 30.2 Å². The molecule has 0 saturated carbocycles. The van der Waals surface area contributed by atoms with E-state index in [0.717, 1.165) is 22.9 Å². The lowest BCUT2D eigenvalue weighted by atomic mass is 10.1. The lowest BCUT2D eigenvalue weighted by Crippen LogP contribution is -2.20. The van der Waals surface area contributed by atoms with Crippen LogP contribution in [0.3, 0.4) is 0 Å². The third-order valence-corrected chi connectivity index (χ3v) is 4.00. The Hall–Kier alpha value is -3.40. The molecule has 0 saturated heterocycles. The Kier molecular flexibility index (Phi) is 5.83. The molecule has 29 heavy (non-hydrogen) atoms. The van der Waals surface area contributed by atoms with E-state index in [1.807, 2.05) is 42.5 Å². The minimum absolute atomic E-state index is 0.114. The van der Waals surface area contributed by atoms with Crippen molar-refractivity contribution in [1.29, 1.82) is 0 Å². The number of hydrogen-bond acceptors (Lipinski definition) is 4. The average molecular weight is 421 g/mol. The molecule has 0 aliphatic rings. The van der Waals surface area contributed by atoms with Crippen molar-refractivity contribution in [3.8, 4) is 5.75 Å².